The Balaban J connectivity index is 1.66. The van der Waals surface area contributed by atoms with E-state index in [0.717, 1.165) is 53.1 Å². The lowest BCUT2D eigenvalue weighted by Crippen LogP contribution is -1.84. The molecule has 1 nitrogen and oxygen atoms in total. The Bertz CT molecular complexity index is 1260. The van der Waals surface area contributed by atoms with Crippen LogP contribution in [-0.4, -0.2) is 0 Å². The smallest absolute Gasteiger partial charge is 0.143 e. The molecule has 0 saturated carbocycles. The molecule has 0 unspecified atom stereocenters. The van der Waals surface area contributed by atoms with E-state index in [1.807, 2.05) is 24.3 Å². The molecule has 5 rings (SSSR count). The third-order valence-corrected chi connectivity index (χ3v) is 6.17. The number of hydrogen-bond donors (Lipinski definition) is 0. The van der Waals surface area contributed by atoms with Gasteiger partial charge in [0.1, 0.15) is 11.2 Å². The van der Waals surface area contributed by atoms with Crippen molar-refractivity contribution in [2.75, 3.05) is 0 Å². The number of benzene rings is 4. The summed E-state index contributed by atoms with van der Waals surface area (Å²) in [6.07, 6.45) is 0. The van der Waals surface area contributed by atoms with Gasteiger partial charge in [0.25, 0.3) is 0 Å². The van der Waals surface area contributed by atoms with Crippen molar-refractivity contribution in [1.82, 2.24) is 0 Å². The Labute approximate surface area is 173 Å². The van der Waals surface area contributed by atoms with Crippen molar-refractivity contribution < 1.29 is 4.42 Å². The molecule has 4 aromatic carbocycles. The summed E-state index contributed by atoms with van der Waals surface area (Å²) in [6.45, 7) is 0. The second-order valence-electron chi connectivity index (χ2n) is 6.45. The Morgan fingerprint density at radius 1 is 0.556 bits per heavy atom. The fraction of sp³-hybridized carbons (Fsp3) is 0. The third-order valence-electron chi connectivity index (χ3n) is 4.85. The van der Waals surface area contributed by atoms with E-state index in [1.165, 1.54) is 0 Å². The van der Waals surface area contributed by atoms with E-state index in [0.29, 0.717) is 0 Å². The molecule has 0 amide bonds. The minimum Gasteiger partial charge on any atom is -0.455 e. The average Bonchev–Trinajstić information content (AvgIpc) is 3.07. The zero-order valence-corrected chi connectivity index (χ0v) is 17.4. The topological polar surface area (TPSA) is 13.1 Å². The highest BCUT2D eigenvalue weighted by atomic mass is 79.9. The second kappa shape index (κ2) is 6.66. The summed E-state index contributed by atoms with van der Waals surface area (Å²) in [6, 6.07) is 29.3. The van der Waals surface area contributed by atoms with E-state index in [-0.39, 0.29) is 0 Å². The minimum atomic E-state index is 0.925. The van der Waals surface area contributed by atoms with Crippen LogP contribution in [0.2, 0.25) is 0 Å². The maximum absolute atomic E-state index is 6.18. The summed E-state index contributed by atoms with van der Waals surface area (Å²) in [5.41, 5.74) is 6.44. The summed E-state index contributed by atoms with van der Waals surface area (Å²) in [7, 11) is 0. The molecule has 0 atom stereocenters. The van der Waals surface area contributed by atoms with E-state index in [2.05, 4.69) is 92.5 Å². The molecule has 1 aromatic heterocycles. The molecule has 1 heterocycles. The van der Waals surface area contributed by atoms with Gasteiger partial charge in [-0.2, -0.15) is 0 Å². The van der Waals surface area contributed by atoms with Crippen LogP contribution in [0.4, 0.5) is 0 Å². The standard InChI is InChI=1S/C24H14Br2O/c25-20-8-4-9-21(26)23(20)16-13-11-15(12-14-16)17-6-3-7-19-18-5-1-2-10-22(18)27-24(17)19/h1-14H. The average molecular weight is 478 g/mol. The molecule has 5 aromatic rings. The monoisotopic (exact) mass is 476 g/mol. The maximum atomic E-state index is 6.18. The Hall–Kier alpha value is -2.36. The molecular formula is C24H14Br2O. The van der Waals surface area contributed by atoms with Gasteiger partial charge in [0.15, 0.2) is 0 Å². The molecule has 0 spiro atoms. The van der Waals surface area contributed by atoms with E-state index >= 15 is 0 Å². The molecule has 0 bridgehead atoms. The first kappa shape index (κ1) is 16.8. The zero-order valence-electron chi connectivity index (χ0n) is 14.2. The molecule has 130 valence electrons. The van der Waals surface area contributed by atoms with Crippen molar-refractivity contribution in [3.8, 4) is 22.3 Å². The normalized spacial score (nSPS) is 11.3. The number of para-hydroxylation sites is 2. The lowest BCUT2D eigenvalue weighted by molar-refractivity contribution is 0.670. The number of halogens is 2. The van der Waals surface area contributed by atoms with Crippen molar-refractivity contribution in [2.45, 2.75) is 0 Å². The van der Waals surface area contributed by atoms with Gasteiger partial charge in [-0.25, -0.2) is 0 Å². The van der Waals surface area contributed by atoms with Gasteiger partial charge in [-0.15, -0.1) is 0 Å². The number of hydrogen-bond acceptors (Lipinski definition) is 1. The lowest BCUT2D eigenvalue weighted by atomic mass is 9.99. The number of fused-ring (bicyclic) bond motifs is 3. The molecule has 0 aliphatic rings. The van der Waals surface area contributed by atoms with Crippen LogP contribution in [0.25, 0.3) is 44.2 Å². The van der Waals surface area contributed by atoms with Crippen LogP contribution in [-0.2, 0) is 0 Å². The third kappa shape index (κ3) is 2.82. The molecule has 0 radical (unpaired) electrons. The van der Waals surface area contributed by atoms with Crippen LogP contribution in [0.15, 0.2) is 98.3 Å². The Morgan fingerprint density at radius 2 is 1.19 bits per heavy atom. The van der Waals surface area contributed by atoms with Crippen molar-refractivity contribution in [1.29, 1.82) is 0 Å². The molecular weight excluding hydrogens is 464 g/mol. The van der Waals surface area contributed by atoms with Gasteiger partial charge >= 0.3 is 0 Å². The first-order chi connectivity index (χ1) is 13.2. The quantitative estimate of drug-likeness (QED) is 0.248. The fourth-order valence-corrected chi connectivity index (χ4v) is 5.02. The van der Waals surface area contributed by atoms with Crippen LogP contribution in [0.3, 0.4) is 0 Å². The molecule has 0 aliphatic heterocycles. The molecule has 0 saturated heterocycles. The Morgan fingerprint density at radius 3 is 1.96 bits per heavy atom. The first-order valence-corrected chi connectivity index (χ1v) is 10.3. The van der Waals surface area contributed by atoms with Gasteiger partial charge in [-0.05, 0) is 29.3 Å². The van der Waals surface area contributed by atoms with Crippen molar-refractivity contribution in [3.63, 3.8) is 0 Å². The second-order valence-corrected chi connectivity index (χ2v) is 8.16. The first-order valence-electron chi connectivity index (χ1n) is 8.67. The molecule has 3 heteroatoms. The number of rotatable bonds is 2. The van der Waals surface area contributed by atoms with Crippen LogP contribution in [0.1, 0.15) is 0 Å². The van der Waals surface area contributed by atoms with Gasteiger partial charge in [-0.1, -0.05) is 98.6 Å². The highest BCUT2D eigenvalue weighted by molar-refractivity contribution is 9.11. The molecule has 0 aliphatic carbocycles. The largest absolute Gasteiger partial charge is 0.455 e. The van der Waals surface area contributed by atoms with Crippen LogP contribution in [0, 0.1) is 0 Å². The molecule has 0 fully saturated rings. The Kier molecular flexibility index (Phi) is 4.14. The van der Waals surface area contributed by atoms with Gasteiger partial charge in [0, 0.05) is 30.8 Å². The van der Waals surface area contributed by atoms with Crippen LogP contribution >= 0.6 is 31.9 Å². The van der Waals surface area contributed by atoms with Gasteiger partial charge < -0.3 is 4.42 Å². The zero-order chi connectivity index (χ0) is 18.4. The summed E-state index contributed by atoms with van der Waals surface area (Å²) in [4.78, 5) is 0. The number of furan rings is 1. The summed E-state index contributed by atoms with van der Waals surface area (Å²) in [5, 5.41) is 2.31. The van der Waals surface area contributed by atoms with Crippen molar-refractivity contribution in [3.05, 3.63) is 93.9 Å². The van der Waals surface area contributed by atoms with Crippen molar-refractivity contribution >= 4 is 53.8 Å². The van der Waals surface area contributed by atoms with Crippen LogP contribution in [0.5, 0.6) is 0 Å². The van der Waals surface area contributed by atoms with E-state index in [1.54, 1.807) is 0 Å². The summed E-state index contributed by atoms with van der Waals surface area (Å²) in [5.74, 6) is 0. The molecule has 0 N–H and O–H groups in total. The minimum absolute atomic E-state index is 0.925. The summed E-state index contributed by atoms with van der Waals surface area (Å²) < 4.78 is 8.32. The maximum Gasteiger partial charge on any atom is 0.143 e. The van der Waals surface area contributed by atoms with Gasteiger partial charge in [0.05, 0.1) is 0 Å². The van der Waals surface area contributed by atoms with E-state index < -0.39 is 0 Å². The highest BCUT2D eigenvalue weighted by Gasteiger charge is 2.12. The SMILES string of the molecule is Brc1cccc(Br)c1-c1ccc(-c2cccc3c2oc2ccccc23)cc1. The van der Waals surface area contributed by atoms with Crippen LogP contribution < -0.4 is 0 Å². The van der Waals surface area contributed by atoms with Crippen molar-refractivity contribution in [2.24, 2.45) is 0 Å². The van der Waals surface area contributed by atoms with E-state index in [9.17, 15) is 0 Å². The highest BCUT2D eigenvalue weighted by Crippen LogP contribution is 2.38. The van der Waals surface area contributed by atoms with E-state index in [4.69, 9.17) is 4.42 Å². The predicted octanol–water partition coefficient (Wildman–Crippen LogP) is 8.45. The van der Waals surface area contributed by atoms with Gasteiger partial charge in [0.2, 0.25) is 0 Å². The lowest BCUT2D eigenvalue weighted by Gasteiger charge is -2.09. The molecule has 27 heavy (non-hydrogen) atoms. The predicted molar refractivity (Wildman–Crippen MR) is 120 cm³/mol. The fourth-order valence-electron chi connectivity index (χ4n) is 3.56. The van der Waals surface area contributed by atoms with Gasteiger partial charge in [-0.3, -0.25) is 0 Å². The summed E-state index contributed by atoms with van der Waals surface area (Å²) >= 11 is 7.31.